The first-order valence-electron chi connectivity index (χ1n) is 19.2. The van der Waals surface area contributed by atoms with Crippen LogP contribution in [0.3, 0.4) is 0 Å². The molecule has 0 saturated heterocycles. The van der Waals surface area contributed by atoms with Crippen LogP contribution in [0.25, 0.3) is 82.5 Å². The number of fused-ring (bicyclic) bond motifs is 9. The SMILES string of the molecule is c1ccc(C2=NC(c3cccc4c3oc3cccc(-c5cccc6c5oc5c(-n7c8ccccc8c8ccccc87)cccc56)c34)=NC(c3ccccc3)N2)cc1. The van der Waals surface area contributed by atoms with E-state index in [4.69, 9.17) is 18.8 Å². The molecular formula is C51H32N4O2. The van der Waals surface area contributed by atoms with Gasteiger partial charge in [-0.2, -0.15) is 0 Å². The summed E-state index contributed by atoms with van der Waals surface area (Å²) in [5, 5.41) is 10.1. The van der Waals surface area contributed by atoms with E-state index in [1.807, 2.05) is 42.5 Å². The average molecular weight is 733 g/mol. The summed E-state index contributed by atoms with van der Waals surface area (Å²) in [5.74, 6) is 1.38. The quantitative estimate of drug-likeness (QED) is 0.192. The monoisotopic (exact) mass is 732 g/mol. The van der Waals surface area contributed by atoms with Gasteiger partial charge in [-0.1, -0.05) is 152 Å². The van der Waals surface area contributed by atoms with Gasteiger partial charge in [-0.15, -0.1) is 0 Å². The minimum Gasteiger partial charge on any atom is -0.455 e. The summed E-state index contributed by atoms with van der Waals surface area (Å²) >= 11 is 0. The number of nitrogens with zero attached hydrogens (tertiary/aromatic N) is 3. The molecule has 0 aliphatic carbocycles. The zero-order chi connectivity index (χ0) is 37.5. The summed E-state index contributed by atoms with van der Waals surface area (Å²) in [5.41, 5.74) is 11.4. The van der Waals surface area contributed by atoms with Crippen molar-refractivity contribution in [3.8, 4) is 16.8 Å². The van der Waals surface area contributed by atoms with Crippen LogP contribution in [0.2, 0.25) is 0 Å². The van der Waals surface area contributed by atoms with Crippen LogP contribution in [-0.4, -0.2) is 16.2 Å². The second-order valence-corrected chi connectivity index (χ2v) is 14.5. The Hall–Kier alpha value is -7.70. The first-order valence-corrected chi connectivity index (χ1v) is 19.2. The molecule has 8 aromatic carbocycles. The molecule has 57 heavy (non-hydrogen) atoms. The first kappa shape index (κ1) is 31.6. The van der Waals surface area contributed by atoms with E-state index in [0.717, 1.165) is 94.3 Å². The summed E-state index contributed by atoms with van der Waals surface area (Å²) in [6.07, 6.45) is -0.317. The van der Waals surface area contributed by atoms with E-state index in [1.54, 1.807) is 0 Å². The molecule has 0 bridgehead atoms. The third-order valence-electron chi connectivity index (χ3n) is 11.3. The summed E-state index contributed by atoms with van der Waals surface area (Å²) < 4.78 is 16.2. The normalized spacial score (nSPS) is 14.5. The van der Waals surface area contributed by atoms with E-state index in [9.17, 15) is 0 Å². The standard InChI is InChI=1S/C51H32N4O2/c1-3-15-31(16-4-1)49-52-50(32-17-5-2-6-18-32)54-51(53-49)40-26-12-25-39-45-35(21-14-30-44(45)56-47(39)40)36-22-11-23-37-38-24-13-29-43(48(38)57-46(36)37)55-41-27-9-7-19-33(41)34-20-8-10-28-42(34)55/h1-30,49H,(H,52,53,54). The lowest BCUT2D eigenvalue weighted by molar-refractivity contribution is 0.663. The van der Waals surface area contributed by atoms with Crippen molar-refractivity contribution in [3.05, 3.63) is 199 Å². The molecule has 268 valence electrons. The minimum absolute atomic E-state index is 0.317. The van der Waals surface area contributed by atoms with E-state index in [-0.39, 0.29) is 6.17 Å². The number of nitrogens with one attached hydrogen (secondary N) is 1. The van der Waals surface area contributed by atoms with Crippen LogP contribution in [0.1, 0.15) is 22.9 Å². The van der Waals surface area contributed by atoms with E-state index < -0.39 is 0 Å². The van der Waals surface area contributed by atoms with Crippen LogP contribution < -0.4 is 5.32 Å². The van der Waals surface area contributed by atoms with Gasteiger partial charge < -0.3 is 18.7 Å². The zero-order valence-corrected chi connectivity index (χ0v) is 30.6. The van der Waals surface area contributed by atoms with Crippen molar-refractivity contribution < 1.29 is 8.83 Å². The van der Waals surface area contributed by atoms with Crippen LogP contribution in [0.15, 0.2) is 201 Å². The highest BCUT2D eigenvalue weighted by Crippen LogP contribution is 2.44. The summed E-state index contributed by atoms with van der Waals surface area (Å²) in [7, 11) is 0. The number of aliphatic imine (C=N–C) groups is 2. The van der Waals surface area contributed by atoms with Crippen molar-refractivity contribution in [3.63, 3.8) is 0 Å². The topological polar surface area (TPSA) is 68.0 Å². The van der Waals surface area contributed by atoms with Gasteiger partial charge >= 0.3 is 0 Å². The van der Waals surface area contributed by atoms with Gasteiger partial charge in [0.1, 0.15) is 28.8 Å². The van der Waals surface area contributed by atoms with E-state index in [1.165, 1.54) is 10.8 Å². The lowest BCUT2D eigenvalue weighted by Gasteiger charge is -2.23. The Morgan fingerprint density at radius 2 is 1.04 bits per heavy atom. The average Bonchev–Trinajstić information content (AvgIpc) is 3.97. The number of rotatable bonds is 5. The van der Waals surface area contributed by atoms with Gasteiger partial charge in [-0.05, 0) is 41.5 Å². The number of furan rings is 2. The summed E-state index contributed by atoms with van der Waals surface area (Å²) in [4.78, 5) is 10.3. The van der Waals surface area contributed by atoms with Crippen LogP contribution in [-0.2, 0) is 0 Å². The van der Waals surface area contributed by atoms with Gasteiger partial charge in [0.05, 0.1) is 22.3 Å². The molecule has 6 nitrogen and oxygen atoms in total. The van der Waals surface area contributed by atoms with Crippen LogP contribution in [0, 0.1) is 0 Å². The molecule has 11 aromatic rings. The molecule has 0 fully saturated rings. The van der Waals surface area contributed by atoms with Gasteiger partial charge in [0.2, 0.25) is 0 Å². The van der Waals surface area contributed by atoms with Crippen LogP contribution >= 0.6 is 0 Å². The fourth-order valence-electron chi connectivity index (χ4n) is 8.74. The maximum atomic E-state index is 7.06. The van der Waals surface area contributed by atoms with E-state index >= 15 is 0 Å². The second kappa shape index (κ2) is 12.4. The van der Waals surface area contributed by atoms with Crippen molar-refractivity contribution in [2.45, 2.75) is 6.17 Å². The largest absolute Gasteiger partial charge is 0.455 e. The molecule has 1 unspecified atom stereocenters. The first-order chi connectivity index (χ1) is 28.3. The molecule has 12 rings (SSSR count). The summed E-state index contributed by atoms with van der Waals surface area (Å²) in [6.45, 7) is 0. The fraction of sp³-hybridized carbons (Fsp3) is 0.0196. The predicted octanol–water partition coefficient (Wildman–Crippen LogP) is 12.7. The highest BCUT2D eigenvalue weighted by molar-refractivity contribution is 6.23. The van der Waals surface area contributed by atoms with Crippen molar-refractivity contribution in [1.29, 1.82) is 0 Å². The van der Waals surface area contributed by atoms with Crippen molar-refractivity contribution >= 4 is 77.4 Å². The highest BCUT2D eigenvalue weighted by Gasteiger charge is 2.25. The molecule has 1 aliphatic heterocycles. The molecule has 0 amide bonds. The Labute approximate surface area is 326 Å². The Bertz CT molecular complexity index is 3390. The number of hydrogen-bond acceptors (Lipinski definition) is 5. The fourth-order valence-corrected chi connectivity index (χ4v) is 8.74. The van der Waals surface area contributed by atoms with E-state index in [0.29, 0.717) is 5.84 Å². The van der Waals surface area contributed by atoms with Gasteiger partial charge in [0.15, 0.2) is 11.4 Å². The molecule has 4 heterocycles. The number of benzene rings is 8. The highest BCUT2D eigenvalue weighted by atomic mass is 16.3. The van der Waals surface area contributed by atoms with Gasteiger partial charge in [0, 0.05) is 43.4 Å². The van der Waals surface area contributed by atoms with Crippen LogP contribution in [0.5, 0.6) is 0 Å². The minimum atomic E-state index is -0.317. The summed E-state index contributed by atoms with van der Waals surface area (Å²) in [6, 6.07) is 63.0. The second-order valence-electron chi connectivity index (χ2n) is 14.5. The molecule has 0 spiro atoms. The Balaban J connectivity index is 1.06. The zero-order valence-electron chi connectivity index (χ0n) is 30.6. The molecular weight excluding hydrogens is 701 g/mol. The van der Waals surface area contributed by atoms with Crippen molar-refractivity contribution in [1.82, 2.24) is 9.88 Å². The molecule has 3 aromatic heterocycles. The van der Waals surface area contributed by atoms with Gasteiger partial charge in [-0.25, -0.2) is 9.98 Å². The number of aromatic nitrogens is 1. The Kier molecular flexibility index (Phi) is 6.89. The Morgan fingerprint density at radius 1 is 0.456 bits per heavy atom. The molecule has 0 saturated carbocycles. The molecule has 0 radical (unpaired) electrons. The molecule has 1 atom stereocenters. The number of hydrogen-bond donors (Lipinski definition) is 1. The lowest BCUT2D eigenvalue weighted by atomic mass is 9.97. The number of para-hydroxylation sites is 5. The number of amidine groups is 2. The smallest absolute Gasteiger partial charge is 0.163 e. The molecule has 6 heteroatoms. The van der Waals surface area contributed by atoms with E-state index in [2.05, 4.69) is 149 Å². The van der Waals surface area contributed by atoms with Gasteiger partial charge in [0.25, 0.3) is 0 Å². The lowest BCUT2D eigenvalue weighted by Crippen LogP contribution is -2.33. The predicted molar refractivity (Wildman–Crippen MR) is 233 cm³/mol. The van der Waals surface area contributed by atoms with Crippen LogP contribution in [0.4, 0.5) is 0 Å². The van der Waals surface area contributed by atoms with Gasteiger partial charge in [-0.3, -0.25) is 0 Å². The van der Waals surface area contributed by atoms with Crippen molar-refractivity contribution in [2.75, 3.05) is 0 Å². The molecule has 1 aliphatic rings. The maximum Gasteiger partial charge on any atom is 0.163 e. The third-order valence-corrected chi connectivity index (χ3v) is 11.3. The maximum absolute atomic E-state index is 7.06. The molecule has 1 N–H and O–H groups in total. The Morgan fingerprint density at radius 3 is 1.81 bits per heavy atom. The van der Waals surface area contributed by atoms with Crippen molar-refractivity contribution in [2.24, 2.45) is 9.98 Å². The third kappa shape index (κ3) is 4.84.